The number of nitrogens with one attached hydrogen (secondary N) is 1. The lowest BCUT2D eigenvalue weighted by Gasteiger charge is -2.11. The van der Waals surface area contributed by atoms with Gasteiger partial charge in [0.25, 0.3) is 0 Å². The average Bonchev–Trinajstić information content (AvgIpc) is 3.44. The lowest BCUT2D eigenvalue weighted by Crippen LogP contribution is -2.06. The molecule has 5 nitrogen and oxygen atoms in total. The van der Waals surface area contributed by atoms with Gasteiger partial charge in [-0.1, -0.05) is 11.6 Å². The number of hydrogen-bond acceptors (Lipinski definition) is 5. The lowest BCUT2D eigenvalue weighted by molar-refractivity contribution is 0.103. The molecule has 3 aromatic heterocycles. The smallest absolute Gasteiger partial charge is 0.197 e. The van der Waals surface area contributed by atoms with Gasteiger partial charge in [-0.3, -0.25) is 9.78 Å². The molecule has 0 saturated heterocycles. The summed E-state index contributed by atoms with van der Waals surface area (Å²) in [5.41, 5.74) is 6.02. The molecule has 0 bridgehead atoms. The van der Waals surface area contributed by atoms with Crippen molar-refractivity contribution in [3.63, 3.8) is 0 Å². The Morgan fingerprint density at radius 3 is 2.58 bits per heavy atom. The number of methoxy groups -OCH3 is 1. The molecular weight excluding hydrogens is 454 g/mol. The van der Waals surface area contributed by atoms with Gasteiger partial charge in [0.1, 0.15) is 10.8 Å². The van der Waals surface area contributed by atoms with Crippen LogP contribution in [0.5, 0.6) is 5.75 Å². The third-order valence-corrected chi connectivity index (χ3v) is 6.83. The summed E-state index contributed by atoms with van der Waals surface area (Å²) in [4.78, 5) is 25.9. The molecule has 5 aromatic rings. The maximum Gasteiger partial charge on any atom is 0.197 e. The molecule has 5 rings (SSSR count). The van der Waals surface area contributed by atoms with Crippen LogP contribution in [0.1, 0.15) is 32.9 Å². The fourth-order valence-corrected chi connectivity index (χ4v) is 4.98. The Balaban J connectivity index is 1.61. The number of rotatable bonds is 6. The number of ether oxygens (including phenoxy) is 1. The number of nitrogens with zero attached hydrogens (tertiary/aromatic N) is 2. The Kier molecular flexibility index (Phi) is 5.70. The van der Waals surface area contributed by atoms with Gasteiger partial charge in [-0.05, 0) is 61.0 Å². The normalized spacial score (nSPS) is 11.1. The molecule has 0 radical (unpaired) electrons. The van der Waals surface area contributed by atoms with Crippen LogP contribution in [0, 0.1) is 6.92 Å². The topological polar surface area (TPSA) is 67.9 Å². The maximum atomic E-state index is 13.6. The summed E-state index contributed by atoms with van der Waals surface area (Å²) in [6.45, 7) is 2.02. The number of thiazole rings is 1. The summed E-state index contributed by atoms with van der Waals surface area (Å²) in [7, 11) is 1.58. The van der Waals surface area contributed by atoms with Crippen LogP contribution in [-0.2, 0) is 6.42 Å². The summed E-state index contributed by atoms with van der Waals surface area (Å²) >= 11 is 7.63. The van der Waals surface area contributed by atoms with E-state index in [1.54, 1.807) is 55.1 Å². The Bertz CT molecular complexity index is 1460. The maximum absolute atomic E-state index is 13.6. The number of pyridine rings is 1. The summed E-state index contributed by atoms with van der Waals surface area (Å²) < 4.78 is 5.62. The zero-order valence-electron chi connectivity index (χ0n) is 18.1. The molecule has 0 aliphatic carbocycles. The number of hydrogen-bond donors (Lipinski definition) is 1. The van der Waals surface area contributed by atoms with Crippen LogP contribution in [0.15, 0.2) is 66.3 Å². The minimum absolute atomic E-state index is 0.106. The van der Waals surface area contributed by atoms with E-state index < -0.39 is 0 Å². The number of carbonyl (C=O) groups is 1. The van der Waals surface area contributed by atoms with E-state index in [1.807, 2.05) is 31.2 Å². The van der Waals surface area contributed by atoms with Crippen LogP contribution in [0.4, 0.5) is 0 Å². The fraction of sp³-hybridized carbons (Fsp3) is 0.115. The van der Waals surface area contributed by atoms with Gasteiger partial charge in [0.05, 0.1) is 18.4 Å². The van der Waals surface area contributed by atoms with Crippen molar-refractivity contribution in [1.82, 2.24) is 15.0 Å². The van der Waals surface area contributed by atoms with Gasteiger partial charge < -0.3 is 9.72 Å². The van der Waals surface area contributed by atoms with Crippen LogP contribution >= 0.6 is 22.9 Å². The van der Waals surface area contributed by atoms with E-state index >= 15 is 0 Å². The standard InChI is InChI=1S/C26H20ClN3O2S/c1-15-20(13-19-14-33-26(30-19)17-9-11-28-12-10-17)23-21(29-15)7-8-22(32-2)24(23)25(31)16-3-5-18(27)6-4-16/h3-12,14,29H,13H2,1-2H3. The van der Waals surface area contributed by atoms with Gasteiger partial charge >= 0.3 is 0 Å². The molecule has 0 aliphatic heterocycles. The summed E-state index contributed by atoms with van der Waals surface area (Å²) in [5.74, 6) is 0.434. The fourth-order valence-electron chi connectivity index (χ4n) is 4.02. The minimum atomic E-state index is -0.106. The molecule has 0 unspecified atom stereocenters. The van der Waals surface area contributed by atoms with E-state index in [1.165, 1.54) is 0 Å². The first-order valence-corrected chi connectivity index (χ1v) is 11.6. The molecule has 0 atom stereocenters. The molecule has 0 aliphatic rings. The highest BCUT2D eigenvalue weighted by Crippen LogP contribution is 2.36. The third-order valence-electron chi connectivity index (χ3n) is 5.63. The second-order valence-electron chi connectivity index (χ2n) is 7.69. The van der Waals surface area contributed by atoms with Crippen molar-refractivity contribution in [2.24, 2.45) is 0 Å². The Morgan fingerprint density at radius 2 is 1.85 bits per heavy atom. The Morgan fingerprint density at radius 1 is 1.09 bits per heavy atom. The van der Waals surface area contributed by atoms with E-state index in [4.69, 9.17) is 21.3 Å². The van der Waals surface area contributed by atoms with E-state index in [0.29, 0.717) is 28.3 Å². The van der Waals surface area contributed by atoms with Gasteiger partial charge in [0, 0.05) is 56.9 Å². The monoisotopic (exact) mass is 473 g/mol. The molecule has 7 heteroatoms. The molecule has 3 heterocycles. The second kappa shape index (κ2) is 8.81. The third kappa shape index (κ3) is 4.03. The number of aromatic amines is 1. The van der Waals surface area contributed by atoms with Crippen molar-refractivity contribution in [2.45, 2.75) is 13.3 Å². The number of H-pyrrole nitrogens is 1. The van der Waals surface area contributed by atoms with E-state index in [9.17, 15) is 4.79 Å². The molecular formula is C26H20ClN3O2S. The highest BCUT2D eigenvalue weighted by atomic mass is 35.5. The number of carbonyl (C=O) groups excluding carboxylic acids is 1. The van der Waals surface area contributed by atoms with E-state index in [-0.39, 0.29) is 5.78 Å². The molecule has 1 N–H and O–H groups in total. The SMILES string of the molecule is COc1ccc2[nH]c(C)c(Cc3csc(-c4ccncc4)n3)c2c1C(=O)c1ccc(Cl)cc1. The zero-order valence-corrected chi connectivity index (χ0v) is 19.6. The number of fused-ring (bicyclic) bond motifs is 1. The minimum Gasteiger partial charge on any atom is -0.496 e. The largest absolute Gasteiger partial charge is 0.496 e. The molecule has 0 amide bonds. The summed E-state index contributed by atoms with van der Waals surface area (Å²) in [6, 6.07) is 14.6. The predicted molar refractivity (Wildman–Crippen MR) is 133 cm³/mol. The Hall–Kier alpha value is -3.48. The van der Waals surface area contributed by atoms with Gasteiger partial charge in [0.2, 0.25) is 0 Å². The van der Waals surface area contributed by atoms with Crippen LogP contribution < -0.4 is 4.74 Å². The van der Waals surface area contributed by atoms with Gasteiger partial charge in [-0.2, -0.15) is 0 Å². The van der Waals surface area contributed by atoms with Crippen molar-refractivity contribution in [3.05, 3.63) is 99.4 Å². The van der Waals surface area contributed by atoms with Crippen molar-refractivity contribution >= 4 is 39.6 Å². The number of halogens is 1. The molecule has 0 saturated carbocycles. The Labute approximate surface area is 200 Å². The number of aromatic nitrogens is 3. The summed E-state index contributed by atoms with van der Waals surface area (Å²) in [6.07, 6.45) is 4.13. The molecule has 2 aromatic carbocycles. The second-order valence-corrected chi connectivity index (χ2v) is 8.98. The van der Waals surface area contributed by atoms with Gasteiger partial charge in [-0.15, -0.1) is 11.3 Å². The predicted octanol–water partition coefficient (Wildman–Crippen LogP) is 6.48. The molecule has 0 fully saturated rings. The first-order valence-electron chi connectivity index (χ1n) is 10.4. The zero-order chi connectivity index (χ0) is 22.9. The van der Waals surface area contributed by atoms with Crippen LogP contribution in [-0.4, -0.2) is 27.8 Å². The van der Waals surface area contributed by atoms with E-state index in [2.05, 4.69) is 15.3 Å². The number of benzene rings is 2. The van der Waals surface area contributed by atoms with Gasteiger partial charge in [-0.25, -0.2) is 4.98 Å². The highest BCUT2D eigenvalue weighted by molar-refractivity contribution is 7.13. The molecule has 0 spiro atoms. The number of aryl methyl sites for hydroxylation is 1. The quantitative estimate of drug-likeness (QED) is 0.286. The van der Waals surface area contributed by atoms with Crippen molar-refractivity contribution in [2.75, 3.05) is 7.11 Å². The van der Waals surface area contributed by atoms with Crippen LogP contribution in [0.3, 0.4) is 0 Å². The van der Waals surface area contributed by atoms with Gasteiger partial charge in [0.15, 0.2) is 5.78 Å². The van der Waals surface area contributed by atoms with Crippen molar-refractivity contribution in [1.29, 1.82) is 0 Å². The van der Waals surface area contributed by atoms with E-state index in [0.717, 1.165) is 38.4 Å². The highest BCUT2D eigenvalue weighted by Gasteiger charge is 2.23. The number of ketones is 1. The summed E-state index contributed by atoms with van der Waals surface area (Å²) in [5, 5.41) is 4.46. The van der Waals surface area contributed by atoms with Crippen LogP contribution in [0.2, 0.25) is 5.02 Å². The van der Waals surface area contributed by atoms with Crippen molar-refractivity contribution in [3.8, 4) is 16.3 Å². The van der Waals surface area contributed by atoms with Crippen LogP contribution in [0.25, 0.3) is 21.5 Å². The molecule has 33 heavy (non-hydrogen) atoms. The molecule has 164 valence electrons. The van der Waals surface area contributed by atoms with Crippen molar-refractivity contribution < 1.29 is 9.53 Å². The lowest BCUT2D eigenvalue weighted by atomic mass is 9.95. The average molecular weight is 474 g/mol. The first-order chi connectivity index (χ1) is 16.0. The first kappa shape index (κ1) is 21.4.